The third-order valence-corrected chi connectivity index (χ3v) is 4.80. The van der Waals surface area contributed by atoms with E-state index < -0.39 is 0 Å². The average molecular weight is 422 g/mol. The Bertz CT molecular complexity index is 1030. The molecule has 2 aromatic carbocycles. The lowest BCUT2D eigenvalue weighted by Gasteiger charge is -2.20. The fourth-order valence-electron chi connectivity index (χ4n) is 3.13. The number of amides is 2. The van der Waals surface area contributed by atoms with Crippen LogP contribution in [0, 0.1) is 0 Å². The van der Waals surface area contributed by atoms with Gasteiger partial charge in [0.1, 0.15) is 11.5 Å². The Hall–Kier alpha value is -3.81. The van der Waals surface area contributed by atoms with Crippen LogP contribution in [0.4, 0.5) is 5.69 Å². The summed E-state index contributed by atoms with van der Waals surface area (Å²) in [6, 6.07) is 12.4. The molecule has 0 radical (unpaired) electrons. The van der Waals surface area contributed by atoms with Crippen molar-refractivity contribution in [2.75, 3.05) is 26.6 Å². The van der Waals surface area contributed by atoms with Gasteiger partial charge in [0.05, 0.1) is 20.5 Å². The summed E-state index contributed by atoms with van der Waals surface area (Å²) in [7, 11) is 4.90. The fraction of sp³-hybridized carbons (Fsp3) is 0.261. The number of carbonyl (C=O) groups excluding carboxylic acids is 2. The van der Waals surface area contributed by atoms with E-state index in [2.05, 4.69) is 10.3 Å². The highest BCUT2D eigenvalue weighted by Gasteiger charge is 2.15. The van der Waals surface area contributed by atoms with Gasteiger partial charge in [-0.3, -0.25) is 9.59 Å². The predicted molar refractivity (Wildman–Crippen MR) is 117 cm³/mol. The second-order valence-corrected chi connectivity index (χ2v) is 7.02. The molecule has 0 aliphatic rings. The lowest BCUT2D eigenvalue weighted by molar-refractivity contribution is -0.116. The quantitative estimate of drug-likeness (QED) is 0.572. The van der Waals surface area contributed by atoms with E-state index in [9.17, 15) is 9.59 Å². The molecule has 3 rings (SSSR count). The van der Waals surface area contributed by atoms with Crippen LogP contribution in [0.3, 0.4) is 0 Å². The number of nitrogens with one attached hydrogen (secondary N) is 1. The monoisotopic (exact) mass is 422 g/mol. The summed E-state index contributed by atoms with van der Waals surface area (Å²) in [6.45, 7) is 0.907. The normalized spacial score (nSPS) is 10.4. The Balaban J connectivity index is 1.63. The zero-order valence-corrected chi connectivity index (χ0v) is 17.9. The van der Waals surface area contributed by atoms with Gasteiger partial charge in [-0.25, -0.2) is 4.98 Å². The molecule has 1 aromatic heterocycles. The van der Waals surface area contributed by atoms with Gasteiger partial charge in [0.25, 0.3) is 5.91 Å². The van der Waals surface area contributed by atoms with Crippen molar-refractivity contribution >= 4 is 17.5 Å². The Morgan fingerprint density at radius 2 is 1.97 bits per heavy atom. The summed E-state index contributed by atoms with van der Waals surface area (Å²) >= 11 is 0. The van der Waals surface area contributed by atoms with Crippen molar-refractivity contribution in [3.63, 3.8) is 0 Å². The van der Waals surface area contributed by atoms with Crippen molar-refractivity contribution in [1.82, 2.24) is 14.5 Å². The minimum absolute atomic E-state index is 0.130. The SMILES string of the molecule is COc1ccc(CN(C)C(=O)c2cccc(NC(=O)CCn3ccnc3)c2)c(OC)c1. The number of hydrogen-bond donors (Lipinski definition) is 1. The third-order valence-electron chi connectivity index (χ3n) is 4.80. The largest absolute Gasteiger partial charge is 0.497 e. The molecule has 0 saturated carbocycles. The van der Waals surface area contributed by atoms with Crippen molar-refractivity contribution in [1.29, 1.82) is 0 Å². The van der Waals surface area contributed by atoms with Gasteiger partial charge in [0, 0.05) is 61.8 Å². The molecule has 0 aliphatic carbocycles. The summed E-state index contributed by atoms with van der Waals surface area (Å²) in [5.74, 6) is 1.05. The van der Waals surface area contributed by atoms with Crippen molar-refractivity contribution in [2.45, 2.75) is 19.5 Å². The van der Waals surface area contributed by atoms with E-state index in [0.29, 0.717) is 42.3 Å². The number of imidazole rings is 1. The molecule has 1 heterocycles. The third kappa shape index (κ3) is 5.85. The number of benzene rings is 2. The highest BCUT2D eigenvalue weighted by Crippen LogP contribution is 2.26. The molecule has 0 fully saturated rings. The smallest absolute Gasteiger partial charge is 0.253 e. The Kier molecular flexibility index (Phi) is 7.26. The lowest BCUT2D eigenvalue weighted by Crippen LogP contribution is -2.26. The van der Waals surface area contributed by atoms with Crippen molar-refractivity contribution in [3.8, 4) is 11.5 Å². The number of carbonyl (C=O) groups is 2. The minimum Gasteiger partial charge on any atom is -0.497 e. The topological polar surface area (TPSA) is 85.7 Å². The average Bonchev–Trinajstić information content (AvgIpc) is 3.31. The number of aryl methyl sites for hydroxylation is 1. The molecule has 1 N–H and O–H groups in total. The number of rotatable bonds is 9. The van der Waals surface area contributed by atoms with E-state index in [1.165, 1.54) is 0 Å². The number of anilines is 1. The van der Waals surface area contributed by atoms with Gasteiger partial charge in [0.15, 0.2) is 0 Å². The van der Waals surface area contributed by atoms with E-state index >= 15 is 0 Å². The maximum Gasteiger partial charge on any atom is 0.253 e. The number of ether oxygens (including phenoxy) is 2. The Morgan fingerprint density at radius 3 is 2.68 bits per heavy atom. The van der Waals surface area contributed by atoms with Crippen molar-refractivity contribution < 1.29 is 19.1 Å². The summed E-state index contributed by atoms with van der Waals surface area (Å²) in [6.07, 6.45) is 5.46. The number of aromatic nitrogens is 2. The fourth-order valence-corrected chi connectivity index (χ4v) is 3.13. The molecule has 0 saturated heterocycles. The first-order valence-electron chi connectivity index (χ1n) is 9.82. The molecule has 0 spiro atoms. The second-order valence-electron chi connectivity index (χ2n) is 7.02. The maximum atomic E-state index is 12.9. The van der Waals surface area contributed by atoms with Crippen LogP contribution >= 0.6 is 0 Å². The molecule has 8 nitrogen and oxygen atoms in total. The molecule has 0 unspecified atom stereocenters. The number of hydrogen-bond acceptors (Lipinski definition) is 5. The molecule has 0 bridgehead atoms. The van der Waals surface area contributed by atoms with Crippen molar-refractivity contribution in [3.05, 3.63) is 72.3 Å². The molecule has 2 amide bonds. The van der Waals surface area contributed by atoms with Gasteiger partial charge in [-0.1, -0.05) is 6.07 Å². The van der Waals surface area contributed by atoms with Gasteiger partial charge in [-0.15, -0.1) is 0 Å². The summed E-state index contributed by atoms with van der Waals surface area (Å²) in [5, 5.41) is 2.84. The predicted octanol–water partition coefficient (Wildman–Crippen LogP) is 3.20. The van der Waals surface area contributed by atoms with Gasteiger partial charge >= 0.3 is 0 Å². The summed E-state index contributed by atoms with van der Waals surface area (Å²) < 4.78 is 12.5. The van der Waals surface area contributed by atoms with E-state index in [1.54, 1.807) is 75.2 Å². The van der Waals surface area contributed by atoms with Crippen LogP contribution in [0.1, 0.15) is 22.3 Å². The zero-order chi connectivity index (χ0) is 22.2. The molecule has 3 aromatic rings. The second kappa shape index (κ2) is 10.3. The Labute approximate surface area is 181 Å². The van der Waals surface area contributed by atoms with Crippen LogP contribution in [-0.4, -0.2) is 47.5 Å². The van der Waals surface area contributed by atoms with Gasteiger partial charge in [-0.05, 0) is 30.3 Å². The first-order valence-corrected chi connectivity index (χ1v) is 9.82. The molecule has 31 heavy (non-hydrogen) atoms. The molecule has 162 valence electrons. The Morgan fingerprint density at radius 1 is 1.13 bits per heavy atom. The number of nitrogens with zero attached hydrogens (tertiary/aromatic N) is 3. The number of methoxy groups -OCH3 is 2. The maximum absolute atomic E-state index is 12.9. The van der Waals surface area contributed by atoms with E-state index in [1.807, 2.05) is 16.7 Å². The van der Waals surface area contributed by atoms with Gasteiger partial charge in [-0.2, -0.15) is 0 Å². The standard InChI is InChI=1S/C23H26N4O4/c1-26(15-18-7-8-20(30-2)14-21(18)31-3)23(29)17-5-4-6-19(13-17)25-22(28)9-11-27-12-10-24-16-27/h4-8,10,12-14,16H,9,11,15H2,1-3H3,(H,25,28). The highest BCUT2D eigenvalue weighted by atomic mass is 16.5. The van der Waals surface area contributed by atoms with Gasteiger partial charge < -0.3 is 24.3 Å². The molecule has 0 aliphatic heterocycles. The van der Waals surface area contributed by atoms with Crippen LogP contribution in [0.25, 0.3) is 0 Å². The van der Waals surface area contributed by atoms with E-state index in [4.69, 9.17) is 9.47 Å². The van der Waals surface area contributed by atoms with Crippen LogP contribution in [0.5, 0.6) is 11.5 Å². The summed E-state index contributed by atoms with van der Waals surface area (Å²) in [5.41, 5.74) is 1.93. The first-order chi connectivity index (χ1) is 15.0. The zero-order valence-electron chi connectivity index (χ0n) is 17.9. The van der Waals surface area contributed by atoms with Crippen LogP contribution in [-0.2, 0) is 17.9 Å². The molecule has 8 heteroatoms. The van der Waals surface area contributed by atoms with Crippen LogP contribution in [0.15, 0.2) is 61.2 Å². The van der Waals surface area contributed by atoms with Crippen LogP contribution < -0.4 is 14.8 Å². The first kappa shape index (κ1) is 21.9. The van der Waals surface area contributed by atoms with Gasteiger partial charge in [0.2, 0.25) is 5.91 Å². The highest BCUT2D eigenvalue weighted by molar-refractivity contribution is 5.97. The lowest BCUT2D eigenvalue weighted by atomic mass is 10.1. The molecule has 0 atom stereocenters. The summed E-state index contributed by atoms with van der Waals surface area (Å²) in [4.78, 5) is 30.7. The molecular weight excluding hydrogens is 396 g/mol. The molecular formula is C23H26N4O4. The van der Waals surface area contributed by atoms with Crippen molar-refractivity contribution in [2.24, 2.45) is 0 Å². The van der Waals surface area contributed by atoms with Crippen LogP contribution in [0.2, 0.25) is 0 Å². The van der Waals surface area contributed by atoms with E-state index in [0.717, 1.165) is 5.56 Å². The van der Waals surface area contributed by atoms with E-state index in [-0.39, 0.29) is 11.8 Å². The minimum atomic E-state index is -0.160.